The van der Waals surface area contributed by atoms with Crippen molar-refractivity contribution in [3.8, 4) is 0 Å². The minimum atomic E-state index is 0.419. The van der Waals surface area contributed by atoms with Gasteiger partial charge >= 0.3 is 0 Å². The highest BCUT2D eigenvalue weighted by Crippen LogP contribution is 2.15. The molecule has 2 rings (SSSR count). The van der Waals surface area contributed by atoms with Crippen LogP contribution in [-0.4, -0.2) is 29.2 Å². The summed E-state index contributed by atoms with van der Waals surface area (Å²) in [5.74, 6) is 0.735. The molecule has 2 heterocycles. The second-order valence-corrected chi connectivity index (χ2v) is 4.68. The molecule has 1 atom stereocenters. The van der Waals surface area contributed by atoms with Crippen molar-refractivity contribution in [3.63, 3.8) is 0 Å². The minimum Gasteiger partial charge on any atom is -0.378 e. The summed E-state index contributed by atoms with van der Waals surface area (Å²) < 4.78 is 5.68. The van der Waals surface area contributed by atoms with Crippen LogP contribution in [0.5, 0.6) is 0 Å². The highest BCUT2D eigenvalue weighted by molar-refractivity contribution is 5.27. The summed E-state index contributed by atoms with van der Waals surface area (Å²) in [4.78, 5) is 8.71. The SMILES string of the molecule is Cc1cc(C)nc(NCCC2CCCCO2)n1. The molecule has 1 N–H and O–H groups in total. The Morgan fingerprint density at radius 2 is 2.06 bits per heavy atom. The molecular formula is C13H21N3O. The van der Waals surface area contributed by atoms with Crippen molar-refractivity contribution in [1.29, 1.82) is 0 Å². The predicted molar refractivity (Wildman–Crippen MR) is 68.2 cm³/mol. The average molecular weight is 235 g/mol. The molecule has 0 radical (unpaired) electrons. The third-order valence-corrected chi connectivity index (χ3v) is 3.01. The van der Waals surface area contributed by atoms with Crippen LogP contribution in [-0.2, 0) is 4.74 Å². The number of aryl methyl sites for hydroxylation is 2. The summed E-state index contributed by atoms with van der Waals surface area (Å²) in [6, 6.07) is 1.98. The van der Waals surface area contributed by atoms with Crippen molar-refractivity contribution < 1.29 is 4.74 Å². The van der Waals surface area contributed by atoms with Crippen LogP contribution >= 0.6 is 0 Å². The quantitative estimate of drug-likeness (QED) is 0.871. The van der Waals surface area contributed by atoms with Gasteiger partial charge in [-0.05, 0) is 45.6 Å². The first-order valence-electron chi connectivity index (χ1n) is 6.42. The van der Waals surface area contributed by atoms with Gasteiger partial charge in [0.2, 0.25) is 5.95 Å². The number of aromatic nitrogens is 2. The van der Waals surface area contributed by atoms with E-state index in [1.54, 1.807) is 0 Å². The highest BCUT2D eigenvalue weighted by atomic mass is 16.5. The Balaban J connectivity index is 1.77. The van der Waals surface area contributed by atoms with Crippen LogP contribution in [0, 0.1) is 13.8 Å². The molecule has 0 amide bonds. The van der Waals surface area contributed by atoms with Gasteiger partial charge in [0.1, 0.15) is 0 Å². The number of hydrogen-bond acceptors (Lipinski definition) is 4. The summed E-state index contributed by atoms with van der Waals surface area (Å²) in [6.45, 7) is 5.78. The molecule has 0 bridgehead atoms. The lowest BCUT2D eigenvalue weighted by atomic mass is 10.1. The summed E-state index contributed by atoms with van der Waals surface area (Å²) in [5, 5.41) is 3.27. The maximum absolute atomic E-state index is 5.68. The number of hydrogen-bond donors (Lipinski definition) is 1. The van der Waals surface area contributed by atoms with Gasteiger partial charge in [0, 0.05) is 24.5 Å². The smallest absolute Gasteiger partial charge is 0.223 e. The molecule has 0 spiro atoms. The minimum absolute atomic E-state index is 0.419. The van der Waals surface area contributed by atoms with Gasteiger partial charge in [-0.2, -0.15) is 0 Å². The zero-order valence-corrected chi connectivity index (χ0v) is 10.7. The van der Waals surface area contributed by atoms with Crippen LogP contribution < -0.4 is 5.32 Å². The topological polar surface area (TPSA) is 47.0 Å². The molecule has 4 heteroatoms. The van der Waals surface area contributed by atoms with Crippen molar-refractivity contribution in [3.05, 3.63) is 17.5 Å². The Labute approximate surface area is 103 Å². The van der Waals surface area contributed by atoms with E-state index in [9.17, 15) is 0 Å². The average Bonchev–Trinajstić information content (AvgIpc) is 2.29. The van der Waals surface area contributed by atoms with Crippen LogP contribution in [0.3, 0.4) is 0 Å². The van der Waals surface area contributed by atoms with E-state index >= 15 is 0 Å². The largest absolute Gasteiger partial charge is 0.378 e. The second-order valence-electron chi connectivity index (χ2n) is 4.68. The third-order valence-electron chi connectivity index (χ3n) is 3.01. The molecule has 4 nitrogen and oxygen atoms in total. The van der Waals surface area contributed by atoms with E-state index in [2.05, 4.69) is 15.3 Å². The van der Waals surface area contributed by atoms with Crippen LogP contribution in [0.2, 0.25) is 0 Å². The standard InChI is InChI=1S/C13H21N3O/c1-10-9-11(2)16-13(15-10)14-7-6-12-5-3-4-8-17-12/h9,12H,3-8H2,1-2H3,(H,14,15,16). The van der Waals surface area contributed by atoms with E-state index in [1.807, 2.05) is 19.9 Å². The van der Waals surface area contributed by atoms with Crippen molar-refractivity contribution >= 4 is 5.95 Å². The van der Waals surface area contributed by atoms with Crippen LogP contribution in [0.4, 0.5) is 5.95 Å². The van der Waals surface area contributed by atoms with Gasteiger partial charge in [-0.1, -0.05) is 0 Å². The number of rotatable bonds is 4. The Morgan fingerprint density at radius 1 is 1.29 bits per heavy atom. The maximum Gasteiger partial charge on any atom is 0.223 e. The fraction of sp³-hybridized carbons (Fsp3) is 0.692. The molecule has 1 unspecified atom stereocenters. The van der Waals surface area contributed by atoms with E-state index in [-0.39, 0.29) is 0 Å². The van der Waals surface area contributed by atoms with E-state index in [4.69, 9.17) is 4.74 Å². The Morgan fingerprint density at radius 3 is 2.71 bits per heavy atom. The molecule has 1 fully saturated rings. The van der Waals surface area contributed by atoms with E-state index in [0.717, 1.165) is 36.9 Å². The van der Waals surface area contributed by atoms with Crippen molar-refractivity contribution in [2.75, 3.05) is 18.5 Å². The Kier molecular flexibility index (Phi) is 4.31. The van der Waals surface area contributed by atoms with Crippen molar-refractivity contribution in [2.45, 2.75) is 45.6 Å². The molecule has 1 aliphatic heterocycles. The van der Waals surface area contributed by atoms with Crippen LogP contribution in [0.25, 0.3) is 0 Å². The molecule has 0 aromatic carbocycles. The Hall–Kier alpha value is -1.16. The summed E-state index contributed by atoms with van der Waals surface area (Å²) >= 11 is 0. The highest BCUT2D eigenvalue weighted by Gasteiger charge is 2.13. The van der Waals surface area contributed by atoms with E-state index in [1.165, 1.54) is 19.3 Å². The molecule has 0 saturated carbocycles. The molecule has 1 aliphatic rings. The van der Waals surface area contributed by atoms with Gasteiger partial charge in [0.15, 0.2) is 0 Å². The number of nitrogens with zero attached hydrogens (tertiary/aromatic N) is 2. The van der Waals surface area contributed by atoms with Crippen molar-refractivity contribution in [2.24, 2.45) is 0 Å². The summed E-state index contributed by atoms with van der Waals surface area (Å²) in [6.07, 6.45) is 5.16. The van der Waals surface area contributed by atoms with E-state index < -0.39 is 0 Å². The van der Waals surface area contributed by atoms with Gasteiger partial charge in [0.25, 0.3) is 0 Å². The summed E-state index contributed by atoms with van der Waals surface area (Å²) in [7, 11) is 0. The molecule has 17 heavy (non-hydrogen) atoms. The van der Waals surface area contributed by atoms with Crippen LogP contribution in [0.15, 0.2) is 6.07 Å². The van der Waals surface area contributed by atoms with Gasteiger partial charge in [-0.3, -0.25) is 0 Å². The third kappa shape index (κ3) is 3.97. The normalized spacial score (nSPS) is 20.2. The maximum atomic E-state index is 5.68. The van der Waals surface area contributed by atoms with Crippen LogP contribution in [0.1, 0.15) is 37.1 Å². The Bertz CT molecular complexity index is 341. The second kappa shape index (κ2) is 5.96. The number of ether oxygens (including phenoxy) is 1. The number of nitrogens with one attached hydrogen (secondary N) is 1. The fourth-order valence-corrected chi connectivity index (χ4v) is 2.19. The first-order valence-corrected chi connectivity index (χ1v) is 6.42. The lowest BCUT2D eigenvalue weighted by molar-refractivity contribution is 0.0134. The number of anilines is 1. The molecule has 1 saturated heterocycles. The molecular weight excluding hydrogens is 214 g/mol. The monoisotopic (exact) mass is 235 g/mol. The lowest BCUT2D eigenvalue weighted by Gasteiger charge is -2.22. The zero-order chi connectivity index (χ0) is 12.1. The van der Waals surface area contributed by atoms with Gasteiger partial charge < -0.3 is 10.1 Å². The zero-order valence-electron chi connectivity index (χ0n) is 10.7. The molecule has 94 valence electrons. The molecule has 1 aromatic rings. The van der Waals surface area contributed by atoms with Crippen molar-refractivity contribution in [1.82, 2.24) is 9.97 Å². The molecule has 1 aromatic heterocycles. The first kappa shape index (κ1) is 12.3. The van der Waals surface area contributed by atoms with Gasteiger partial charge in [-0.25, -0.2) is 9.97 Å². The lowest BCUT2D eigenvalue weighted by Crippen LogP contribution is -2.22. The van der Waals surface area contributed by atoms with Gasteiger partial charge in [-0.15, -0.1) is 0 Å². The predicted octanol–water partition coefficient (Wildman–Crippen LogP) is 2.46. The fourth-order valence-electron chi connectivity index (χ4n) is 2.19. The molecule has 0 aliphatic carbocycles. The van der Waals surface area contributed by atoms with E-state index in [0.29, 0.717) is 6.10 Å². The summed E-state index contributed by atoms with van der Waals surface area (Å²) in [5.41, 5.74) is 2.02. The first-order chi connectivity index (χ1) is 8.24. The van der Waals surface area contributed by atoms with Gasteiger partial charge in [0.05, 0.1) is 6.10 Å².